The summed E-state index contributed by atoms with van der Waals surface area (Å²) in [5.41, 5.74) is 5.07. The first-order chi connectivity index (χ1) is 19.8. The lowest BCUT2D eigenvalue weighted by molar-refractivity contribution is -0.233. The summed E-state index contributed by atoms with van der Waals surface area (Å²) < 4.78 is 40.9. The molecular formula is C29H59N3O7P2. The molecule has 0 radical (unpaired) electrons. The van der Waals surface area contributed by atoms with Crippen molar-refractivity contribution in [2.24, 2.45) is 0 Å². The number of phosphoric acid groups is 1. The van der Waals surface area contributed by atoms with E-state index in [-0.39, 0.29) is 5.82 Å². The molecule has 41 heavy (non-hydrogen) atoms. The lowest BCUT2D eigenvalue weighted by atomic mass is 10.0. The van der Waals surface area contributed by atoms with E-state index in [4.69, 9.17) is 28.6 Å². The standard InChI is InChI=1S/C27H53N3O7P2.C2H6/c1-5-7-8-9-10-11-12-13-14-15-16-17-18-19-22-34-27(30-21-20-25(28)29-26(30)31)35-24(6-2)23(3)36-39(32,33-4)37-38;1-2/h20-21,23-24,27H,5-19,22,38H2,1-4H3,(H2,28,29,31);1-2H3/t23?,24?,27-,39?;/m0./s1. The fraction of sp³-hybridized carbons (Fsp3) is 0.862. The fourth-order valence-corrected chi connectivity index (χ4v) is 5.50. The van der Waals surface area contributed by atoms with E-state index < -0.39 is 32.1 Å². The van der Waals surface area contributed by atoms with Crippen molar-refractivity contribution < 1.29 is 27.4 Å². The second-order valence-corrected chi connectivity index (χ2v) is 12.3. The highest BCUT2D eigenvalue weighted by Crippen LogP contribution is 2.52. The van der Waals surface area contributed by atoms with E-state index in [1.54, 1.807) is 6.92 Å². The van der Waals surface area contributed by atoms with Crippen molar-refractivity contribution in [2.45, 2.75) is 150 Å². The van der Waals surface area contributed by atoms with Crippen LogP contribution in [0.3, 0.4) is 0 Å². The van der Waals surface area contributed by atoms with Gasteiger partial charge in [-0.05, 0) is 25.8 Å². The van der Waals surface area contributed by atoms with E-state index in [0.717, 1.165) is 19.3 Å². The molecule has 1 rings (SSSR count). The Balaban J connectivity index is 0.00000781. The SMILES string of the molecule is CC.CCCCCCCCCCCCCCCCO[C@@H](OC(CC)C(C)OP(=O)(OC)OP)n1ccc(N)nc1=O. The predicted octanol–water partition coefficient (Wildman–Crippen LogP) is 8.57. The molecule has 10 nitrogen and oxygen atoms in total. The van der Waals surface area contributed by atoms with Crippen molar-refractivity contribution in [3.05, 3.63) is 22.7 Å². The van der Waals surface area contributed by atoms with Gasteiger partial charge in [-0.1, -0.05) is 111 Å². The highest BCUT2D eigenvalue weighted by molar-refractivity contribution is 7.53. The van der Waals surface area contributed by atoms with E-state index >= 15 is 0 Å². The van der Waals surface area contributed by atoms with Crippen LogP contribution in [0.15, 0.2) is 17.1 Å². The van der Waals surface area contributed by atoms with E-state index in [2.05, 4.69) is 11.9 Å². The molecule has 4 unspecified atom stereocenters. The molecule has 0 bridgehead atoms. The summed E-state index contributed by atoms with van der Waals surface area (Å²) in [6, 6.07) is 1.51. The van der Waals surface area contributed by atoms with Gasteiger partial charge in [0.1, 0.15) is 5.82 Å². The molecule has 0 saturated heterocycles. The molecule has 0 amide bonds. The van der Waals surface area contributed by atoms with E-state index in [0.29, 0.717) is 13.0 Å². The average molecular weight is 624 g/mol. The van der Waals surface area contributed by atoms with Crippen molar-refractivity contribution in [1.29, 1.82) is 0 Å². The quantitative estimate of drug-likeness (QED) is 0.0648. The second-order valence-electron chi connectivity index (χ2n) is 9.94. The highest BCUT2D eigenvalue weighted by Gasteiger charge is 2.32. The zero-order valence-corrected chi connectivity index (χ0v) is 28.6. The molecule has 1 heterocycles. The maximum atomic E-state index is 12.5. The molecule has 0 aliphatic rings. The lowest BCUT2D eigenvalue weighted by Gasteiger charge is -2.30. The highest BCUT2D eigenvalue weighted by atomic mass is 31.2. The minimum Gasteiger partial charge on any atom is -0.383 e. The molecule has 5 atom stereocenters. The third-order valence-electron chi connectivity index (χ3n) is 6.70. The lowest BCUT2D eigenvalue weighted by Crippen LogP contribution is -2.36. The molecular weight excluding hydrogens is 564 g/mol. The van der Waals surface area contributed by atoms with Gasteiger partial charge in [-0.3, -0.25) is 13.4 Å². The number of nitrogen functional groups attached to an aromatic ring is 1. The van der Waals surface area contributed by atoms with Crippen molar-refractivity contribution in [1.82, 2.24) is 9.55 Å². The third-order valence-corrected chi connectivity index (χ3v) is 8.77. The molecule has 12 heteroatoms. The topological polar surface area (TPSA) is 124 Å². The second kappa shape index (κ2) is 25.6. The summed E-state index contributed by atoms with van der Waals surface area (Å²) in [6.07, 6.45) is 17.5. The van der Waals surface area contributed by atoms with Gasteiger partial charge in [-0.2, -0.15) is 4.98 Å². The number of aromatic nitrogens is 2. The van der Waals surface area contributed by atoms with Gasteiger partial charge in [0.25, 0.3) is 0 Å². The summed E-state index contributed by atoms with van der Waals surface area (Å²) in [6.45, 7) is 10.3. The van der Waals surface area contributed by atoms with Gasteiger partial charge < -0.3 is 15.2 Å². The maximum absolute atomic E-state index is 12.5. The van der Waals surface area contributed by atoms with Crippen LogP contribution in [-0.2, 0) is 27.4 Å². The average Bonchev–Trinajstić information content (AvgIpc) is 2.97. The zero-order valence-electron chi connectivity index (χ0n) is 26.6. The first-order valence-electron chi connectivity index (χ1n) is 15.6. The van der Waals surface area contributed by atoms with Crippen LogP contribution in [0.2, 0.25) is 0 Å². The van der Waals surface area contributed by atoms with Crippen LogP contribution >= 0.6 is 17.3 Å². The van der Waals surface area contributed by atoms with Crippen LogP contribution < -0.4 is 11.4 Å². The molecule has 0 fully saturated rings. The summed E-state index contributed by atoms with van der Waals surface area (Å²) in [7, 11) is -0.622. The van der Waals surface area contributed by atoms with Crippen LogP contribution in [0.4, 0.5) is 5.82 Å². The minimum absolute atomic E-state index is 0.115. The molecule has 1 aromatic heterocycles. The van der Waals surface area contributed by atoms with Crippen LogP contribution in [0.25, 0.3) is 0 Å². The smallest absolute Gasteiger partial charge is 0.383 e. The Hall–Kier alpha value is -0.860. The van der Waals surface area contributed by atoms with Gasteiger partial charge in [-0.25, -0.2) is 13.9 Å². The van der Waals surface area contributed by atoms with Crippen LogP contribution in [0.5, 0.6) is 0 Å². The molecule has 0 aliphatic heterocycles. The summed E-state index contributed by atoms with van der Waals surface area (Å²) in [5, 5.41) is 0. The van der Waals surface area contributed by atoms with Gasteiger partial charge in [0.15, 0.2) is 0 Å². The zero-order chi connectivity index (χ0) is 30.9. The van der Waals surface area contributed by atoms with Crippen LogP contribution in [0, 0.1) is 0 Å². The summed E-state index contributed by atoms with van der Waals surface area (Å²) in [4.78, 5) is 16.3. The number of rotatable bonds is 25. The van der Waals surface area contributed by atoms with Gasteiger partial charge >= 0.3 is 13.5 Å². The Bertz CT molecular complexity index is 852. The largest absolute Gasteiger partial charge is 0.477 e. The molecule has 2 N–H and O–H groups in total. The van der Waals surface area contributed by atoms with Gasteiger partial charge in [0.2, 0.25) is 6.41 Å². The Labute approximate surface area is 251 Å². The van der Waals surface area contributed by atoms with Gasteiger partial charge in [-0.15, -0.1) is 0 Å². The van der Waals surface area contributed by atoms with Crippen molar-refractivity contribution in [2.75, 3.05) is 19.5 Å². The molecule has 0 saturated carbocycles. The van der Waals surface area contributed by atoms with Crippen LogP contribution in [-0.4, -0.2) is 35.5 Å². The first kappa shape index (κ1) is 40.1. The molecule has 0 spiro atoms. The molecule has 0 aliphatic carbocycles. The minimum atomic E-state index is -3.74. The molecule has 0 aromatic carbocycles. The molecule has 1 aromatic rings. The van der Waals surface area contributed by atoms with Crippen molar-refractivity contribution in [3.63, 3.8) is 0 Å². The van der Waals surface area contributed by atoms with Gasteiger partial charge in [0, 0.05) is 22.8 Å². The first-order valence-corrected chi connectivity index (χ1v) is 17.6. The van der Waals surface area contributed by atoms with Gasteiger partial charge in [0.05, 0.1) is 18.8 Å². The van der Waals surface area contributed by atoms with E-state index in [9.17, 15) is 9.36 Å². The Morgan fingerprint density at radius 2 is 1.46 bits per heavy atom. The normalized spacial score (nSPS) is 15.0. The number of anilines is 1. The summed E-state index contributed by atoms with van der Waals surface area (Å²) in [5.74, 6) is 0.115. The number of unbranched alkanes of at least 4 members (excludes halogenated alkanes) is 13. The third kappa shape index (κ3) is 18.4. The maximum Gasteiger partial charge on any atom is 0.477 e. The monoisotopic (exact) mass is 623 g/mol. The summed E-state index contributed by atoms with van der Waals surface area (Å²) >= 11 is 0. The Morgan fingerprint density at radius 1 is 0.951 bits per heavy atom. The number of ether oxygens (including phenoxy) is 2. The number of hydrogen-bond acceptors (Lipinski definition) is 9. The Kier molecular flexibility index (Phi) is 25.1. The number of hydrogen-bond donors (Lipinski definition) is 1. The Morgan fingerprint density at radius 3 is 1.90 bits per heavy atom. The van der Waals surface area contributed by atoms with Crippen LogP contribution in [0.1, 0.15) is 137 Å². The van der Waals surface area contributed by atoms with E-state index in [1.165, 1.54) is 94.6 Å². The number of phosphoric ester groups is 1. The van der Waals surface area contributed by atoms with Crippen molar-refractivity contribution >= 4 is 23.1 Å². The fourth-order valence-electron chi connectivity index (χ4n) is 4.32. The number of nitrogens with zero attached hydrogens (tertiary/aromatic N) is 2. The van der Waals surface area contributed by atoms with E-state index in [1.807, 2.05) is 30.2 Å². The molecule has 242 valence electrons. The predicted molar refractivity (Wildman–Crippen MR) is 171 cm³/mol. The number of nitrogens with two attached hydrogens (primary N) is 1. The van der Waals surface area contributed by atoms with Crippen molar-refractivity contribution in [3.8, 4) is 0 Å².